The van der Waals surface area contributed by atoms with Crippen molar-refractivity contribution in [3.8, 4) is 0 Å². The Labute approximate surface area is 150 Å². The maximum atomic E-state index is 12.4. The largest absolute Gasteiger partial charge is 0.463 e. The van der Waals surface area contributed by atoms with Crippen molar-refractivity contribution in [3.63, 3.8) is 0 Å². The Morgan fingerprint density at radius 2 is 1.96 bits per heavy atom. The lowest BCUT2D eigenvalue weighted by Crippen LogP contribution is -2.39. The van der Waals surface area contributed by atoms with Gasteiger partial charge in [0.25, 0.3) is 10.1 Å². The van der Waals surface area contributed by atoms with E-state index >= 15 is 0 Å². The third-order valence-corrected chi connectivity index (χ3v) is 6.27. The van der Waals surface area contributed by atoms with Crippen molar-refractivity contribution in [3.05, 3.63) is 42.5 Å². The quantitative estimate of drug-likeness (QED) is 0.437. The number of aryl methyl sites for hydroxylation is 1. The van der Waals surface area contributed by atoms with Crippen LogP contribution in [0, 0.1) is 18.3 Å². The van der Waals surface area contributed by atoms with Crippen molar-refractivity contribution >= 4 is 16.1 Å². The predicted octanol–water partition coefficient (Wildman–Crippen LogP) is 3.62. The second-order valence-electron chi connectivity index (χ2n) is 6.97. The van der Waals surface area contributed by atoms with Crippen LogP contribution in [0.4, 0.5) is 0 Å². The first-order valence-electron chi connectivity index (χ1n) is 8.43. The summed E-state index contributed by atoms with van der Waals surface area (Å²) >= 11 is 0. The molecule has 0 unspecified atom stereocenters. The highest BCUT2D eigenvalue weighted by Crippen LogP contribution is 2.43. The minimum Gasteiger partial charge on any atom is -0.463 e. The number of hydrogen-bond acceptors (Lipinski definition) is 5. The summed E-state index contributed by atoms with van der Waals surface area (Å²) in [6.45, 7) is 9.27. The zero-order valence-corrected chi connectivity index (χ0v) is 15.8. The number of allylic oxidation sites excluding steroid dienone is 1. The van der Waals surface area contributed by atoms with Crippen molar-refractivity contribution in [1.82, 2.24) is 0 Å². The van der Waals surface area contributed by atoms with E-state index in [1.807, 2.05) is 19.9 Å². The third kappa shape index (κ3) is 4.92. The maximum Gasteiger partial charge on any atom is 0.302 e. The molecule has 6 heteroatoms. The summed E-state index contributed by atoms with van der Waals surface area (Å²) in [5, 5.41) is 0. The van der Waals surface area contributed by atoms with E-state index < -0.39 is 10.1 Å². The number of rotatable bonds is 6. The zero-order valence-electron chi connectivity index (χ0n) is 15.0. The fourth-order valence-corrected chi connectivity index (χ4v) is 4.23. The summed E-state index contributed by atoms with van der Waals surface area (Å²) in [6, 6.07) is 6.59. The Bertz CT molecular complexity index is 723. The number of ether oxygens (including phenoxy) is 1. The Balaban J connectivity index is 2.05. The van der Waals surface area contributed by atoms with Gasteiger partial charge in [-0.05, 0) is 49.7 Å². The molecule has 0 spiro atoms. The molecule has 0 bridgehead atoms. The van der Waals surface area contributed by atoms with Gasteiger partial charge in [0.15, 0.2) is 0 Å². The van der Waals surface area contributed by atoms with Crippen molar-refractivity contribution in [2.75, 3.05) is 6.61 Å². The summed E-state index contributed by atoms with van der Waals surface area (Å²) < 4.78 is 35.4. The molecule has 0 aliphatic heterocycles. The van der Waals surface area contributed by atoms with Gasteiger partial charge >= 0.3 is 5.97 Å². The highest BCUT2D eigenvalue weighted by molar-refractivity contribution is 7.86. The first-order valence-corrected chi connectivity index (χ1v) is 9.84. The second-order valence-corrected chi connectivity index (χ2v) is 8.59. The topological polar surface area (TPSA) is 69.7 Å². The van der Waals surface area contributed by atoms with Crippen molar-refractivity contribution < 1.29 is 22.1 Å². The number of carbonyl (C=O) groups is 1. The number of benzene rings is 1. The molecule has 0 saturated heterocycles. The summed E-state index contributed by atoms with van der Waals surface area (Å²) in [6.07, 6.45) is 3.68. The molecule has 5 nitrogen and oxygen atoms in total. The van der Waals surface area contributed by atoms with Crippen molar-refractivity contribution in [2.24, 2.45) is 11.3 Å². The van der Waals surface area contributed by atoms with Crippen LogP contribution in [0.3, 0.4) is 0 Å². The molecule has 0 radical (unpaired) electrons. The molecular weight excluding hydrogens is 340 g/mol. The molecule has 0 heterocycles. The molecule has 2 rings (SSSR count). The fourth-order valence-electron chi connectivity index (χ4n) is 3.28. The highest BCUT2D eigenvalue weighted by Gasteiger charge is 2.40. The van der Waals surface area contributed by atoms with Gasteiger partial charge in [-0.25, -0.2) is 0 Å². The Morgan fingerprint density at radius 1 is 1.32 bits per heavy atom. The normalized spacial score (nSPS) is 26.8. The smallest absolute Gasteiger partial charge is 0.302 e. The molecule has 1 aromatic rings. The van der Waals surface area contributed by atoms with Crippen LogP contribution in [0.15, 0.2) is 41.8 Å². The summed E-state index contributed by atoms with van der Waals surface area (Å²) in [5.41, 5.74) is 0.642. The van der Waals surface area contributed by atoms with Crippen LogP contribution in [0.1, 0.15) is 38.7 Å². The van der Waals surface area contributed by atoms with Crippen LogP contribution < -0.4 is 0 Å². The monoisotopic (exact) mass is 366 g/mol. The van der Waals surface area contributed by atoms with Gasteiger partial charge < -0.3 is 4.74 Å². The van der Waals surface area contributed by atoms with E-state index in [-0.39, 0.29) is 34.9 Å². The predicted molar refractivity (Wildman–Crippen MR) is 95.5 cm³/mol. The van der Waals surface area contributed by atoms with E-state index in [9.17, 15) is 13.2 Å². The average Bonchev–Trinajstić information content (AvgIpc) is 2.54. The molecule has 3 atom stereocenters. The van der Waals surface area contributed by atoms with Crippen molar-refractivity contribution in [1.29, 1.82) is 0 Å². The molecule has 1 aliphatic rings. The molecule has 1 saturated carbocycles. The molecule has 0 aromatic heterocycles. The molecule has 0 N–H and O–H groups in total. The number of carbonyl (C=O) groups excluding carboxylic acids is 1. The Hall–Kier alpha value is -1.66. The minimum atomic E-state index is -3.79. The molecule has 1 aliphatic carbocycles. The Kier molecular flexibility index (Phi) is 6.06. The van der Waals surface area contributed by atoms with E-state index in [0.29, 0.717) is 19.3 Å². The van der Waals surface area contributed by atoms with Gasteiger partial charge in [0.1, 0.15) is 6.10 Å². The third-order valence-electron chi connectivity index (χ3n) is 4.97. The van der Waals surface area contributed by atoms with E-state index in [2.05, 4.69) is 6.58 Å². The summed E-state index contributed by atoms with van der Waals surface area (Å²) in [7, 11) is -3.79. The van der Waals surface area contributed by atoms with Crippen LogP contribution in [-0.4, -0.2) is 27.1 Å². The standard InChI is InChI=1S/C19H26O5S/c1-5-19(4)12-17(24-15(3)20)9-8-16(19)13-23-25(21,22)18-10-6-14(2)7-11-18/h5-7,10-11,16-17H,1,8-9,12-13H2,2-4H3/t16-,17-,19+/m1/s1. The molecule has 1 aromatic carbocycles. The summed E-state index contributed by atoms with van der Waals surface area (Å²) in [4.78, 5) is 11.3. The van der Waals surface area contributed by atoms with E-state index in [1.54, 1.807) is 24.3 Å². The van der Waals surface area contributed by atoms with Gasteiger partial charge in [0.2, 0.25) is 0 Å². The van der Waals surface area contributed by atoms with E-state index in [4.69, 9.17) is 8.92 Å². The first-order chi connectivity index (χ1) is 11.7. The summed E-state index contributed by atoms with van der Waals surface area (Å²) in [5.74, 6) is -0.301. The Morgan fingerprint density at radius 3 is 2.52 bits per heavy atom. The van der Waals surface area contributed by atoms with Gasteiger partial charge in [-0.15, -0.1) is 6.58 Å². The highest BCUT2D eigenvalue weighted by atomic mass is 32.2. The fraction of sp³-hybridized carbons (Fsp3) is 0.526. The number of esters is 1. The average molecular weight is 366 g/mol. The van der Waals surface area contributed by atoms with Gasteiger partial charge in [0.05, 0.1) is 11.5 Å². The van der Waals surface area contributed by atoms with Crippen LogP contribution in [0.5, 0.6) is 0 Å². The zero-order chi connectivity index (χ0) is 18.7. The van der Waals surface area contributed by atoms with Gasteiger partial charge in [-0.3, -0.25) is 8.98 Å². The molecule has 1 fully saturated rings. The first kappa shape index (κ1) is 19.7. The van der Waals surface area contributed by atoms with Gasteiger partial charge in [0, 0.05) is 6.92 Å². The minimum absolute atomic E-state index is 0.00275. The lowest BCUT2D eigenvalue weighted by Gasteiger charge is -2.42. The van der Waals surface area contributed by atoms with E-state index in [0.717, 1.165) is 5.56 Å². The van der Waals surface area contributed by atoms with Gasteiger partial charge in [-0.1, -0.05) is 30.7 Å². The van der Waals surface area contributed by atoms with Crippen LogP contribution in [0.25, 0.3) is 0 Å². The van der Waals surface area contributed by atoms with Crippen LogP contribution in [0.2, 0.25) is 0 Å². The SMILES string of the molecule is C=C[C@@]1(C)C[C@H](OC(C)=O)CC[C@@H]1COS(=O)(=O)c1ccc(C)cc1. The van der Waals surface area contributed by atoms with Crippen LogP contribution in [-0.2, 0) is 23.8 Å². The number of hydrogen-bond donors (Lipinski definition) is 0. The van der Waals surface area contributed by atoms with Crippen LogP contribution >= 0.6 is 0 Å². The molecule has 138 valence electrons. The van der Waals surface area contributed by atoms with Gasteiger partial charge in [-0.2, -0.15) is 8.42 Å². The van der Waals surface area contributed by atoms with E-state index in [1.165, 1.54) is 6.92 Å². The molecule has 25 heavy (non-hydrogen) atoms. The van der Waals surface area contributed by atoms with Crippen molar-refractivity contribution in [2.45, 2.75) is 51.0 Å². The second kappa shape index (κ2) is 7.70. The molecule has 0 amide bonds. The maximum absolute atomic E-state index is 12.4. The molecular formula is C19H26O5S. The lowest BCUT2D eigenvalue weighted by atomic mass is 9.67. The lowest BCUT2D eigenvalue weighted by molar-refractivity contribution is -0.150.